The molecule has 0 aromatic carbocycles. The Morgan fingerprint density at radius 2 is 1.08 bits per heavy atom. The van der Waals surface area contributed by atoms with Gasteiger partial charge in [-0.2, -0.15) is 0 Å². The molecule has 0 radical (unpaired) electrons. The molecule has 1 N–H and O–H groups in total. The highest BCUT2D eigenvalue weighted by Crippen LogP contribution is 2.45. The van der Waals surface area contributed by atoms with Crippen LogP contribution in [0.2, 0.25) is 0 Å². The number of halogens is 6. The van der Waals surface area contributed by atoms with Crippen molar-refractivity contribution in [1.82, 2.24) is 0 Å². The van der Waals surface area contributed by atoms with Crippen LogP contribution in [0.15, 0.2) is 0 Å². The van der Waals surface area contributed by atoms with Gasteiger partial charge in [0.25, 0.3) is 0 Å². The third kappa shape index (κ3) is 2.13. The number of hydrogen-bond acceptors (Lipinski definition) is 1. The molecule has 1 aliphatic rings. The summed E-state index contributed by atoms with van der Waals surface area (Å²) in [7, 11) is 0. The summed E-state index contributed by atoms with van der Waals surface area (Å²) in [5.41, 5.74) is 0. The van der Waals surface area contributed by atoms with Crippen molar-refractivity contribution in [3.8, 4) is 0 Å². The van der Waals surface area contributed by atoms with Crippen LogP contribution in [0.1, 0.15) is 0 Å². The van der Waals surface area contributed by atoms with Gasteiger partial charge in [0.15, 0.2) is 5.06 Å². The van der Waals surface area contributed by atoms with Crippen LogP contribution >= 0.6 is 69.6 Å². The van der Waals surface area contributed by atoms with Gasteiger partial charge in [-0.3, -0.25) is 0 Å². The summed E-state index contributed by atoms with van der Waals surface area (Å²) in [6, 6.07) is 0. The van der Waals surface area contributed by atoms with Gasteiger partial charge in [0, 0.05) is 0 Å². The van der Waals surface area contributed by atoms with Crippen molar-refractivity contribution in [3.05, 3.63) is 0 Å². The third-order valence-corrected chi connectivity index (χ3v) is 5.95. The molecule has 0 saturated heterocycles. The predicted octanol–water partition coefficient (Wildman–Crippen LogP) is 2.96. The van der Waals surface area contributed by atoms with Gasteiger partial charge in [0.2, 0.25) is 0 Å². The van der Waals surface area contributed by atoms with E-state index in [1.54, 1.807) is 0 Å². The average Bonchev–Trinajstić information content (AvgIpc) is 2.09. The molecular weight excluding hydrogens is 301 g/mol. The maximum atomic E-state index is 9.64. The molecule has 1 rings (SSSR count). The van der Waals surface area contributed by atoms with E-state index < -0.39 is 31.9 Å². The lowest BCUT2D eigenvalue weighted by molar-refractivity contribution is 0.0994. The molecule has 0 amide bonds. The highest BCUT2D eigenvalue weighted by molar-refractivity contribution is 6.46. The lowest BCUT2D eigenvalue weighted by Gasteiger charge is -2.43. The lowest BCUT2D eigenvalue weighted by Crippen LogP contribution is -2.60. The van der Waals surface area contributed by atoms with Crippen molar-refractivity contribution in [3.63, 3.8) is 0 Å². The fourth-order valence-corrected chi connectivity index (χ4v) is 3.36. The maximum absolute atomic E-state index is 9.64. The number of aliphatic hydroxyl groups is 1. The van der Waals surface area contributed by atoms with Crippen LogP contribution in [0.4, 0.5) is 0 Å². The molecule has 4 atom stereocenters. The summed E-state index contributed by atoms with van der Waals surface area (Å²) in [6.45, 7) is 0. The molecule has 7 heteroatoms. The monoisotopic (exact) mass is 304 g/mol. The summed E-state index contributed by atoms with van der Waals surface area (Å²) < 4.78 is 0. The first-order valence-electron chi connectivity index (χ1n) is 3.41. The molecule has 1 saturated carbocycles. The summed E-state index contributed by atoms with van der Waals surface area (Å²) in [5, 5.41) is 3.89. The van der Waals surface area contributed by atoms with Crippen LogP contribution in [-0.2, 0) is 0 Å². The van der Waals surface area contributed by atoms with E-state index >= 15 is 0 Å². The van der Waals surface area contributed by atoms with Crippen molar-refractivity contribution < 1.29 is 5.11 Å². The van der Waals surface area contributed by atoms with Gasteiger partial charge in [0.05, 0.1) is 26.9 Å². The van der Waals surface area contributed by atoms with E-state index in [4.69, 9.17) is 69.6 Å². The molecule has 4 unspecified atom stereocenters. The van der Waals surface area contributed by atoms with Gasteiger partial charge in [-0.1, -0.05) is 11.6 Å². The van der Waals surface area contributed by atoms with Crippen LogP contribution in [0.5, 0.6) is 0 Å². The minimum atomic E-state index is -1.83. The van der Waals surface area contributed by atoms with Crippen molar-refractivity contribution >= 4 is 69.6 Å². The Morgan fingerprint density at radius 3 is 1.38 bits per heavy atom. The van der Waals surface area contributed by atoms with Gasteiger partial charge >= 0.3 is 0 Å². The predicted molar refractivity (Wildman–Crippen MR) is 59.0 cm³/mol. The Balaban J connectivity index is 2.93. The van der Waals surface area contributed by atoms with E-state index in [-0.39, 0.29) is 0 Å². The molecule has 13 heavy (non-hydrogen) atoms. The van der Waals surface area contributed by atoms with Gasteiger partial charge in [-0.25, -0.2) is 0 Å². The molecule has 0 spiro atoms. The summed E-state index contributed by atoms with van der Waals surface area (Å²) in [4.78, 5) is 0. The van der Waals surface area contributed by atoms with Gasteiger partial charge in [0.1, 0.15) is 0 Å². The lowest BCUT2D eigenvalue weighted by atomic mass is 9.94. The topological polar surface area (TPSA) is 20.2 Å². The number of rotatable bonds is 0. The molecule has 0 aromatic rings. The van der Waals surface area contributed by atoms with Crippen LogP contribution in [0.25, 0.3) is 0 Å². The van der Waals surface area contributed by atoms with Gasteiger partial charge in [-0.05, 0) is 0 Å². The summed E-state index contributed by atoms with van der Waals surface area (Å²) in [5.74, 6) is 0. The molecular formula is C6H6Cl6O. The zero-order valence-corrected chi connectivity index (χ0v) is 10.6. The van der Waals surface area contributed by atoms with Crippen molar-refractivity contribution in [1.29, 1.82) is 0 Å². The SMILES string of the molecule is OC1(Cl)C(Cl)C(Cl)C(Cl)C(Cl)C1Cl. The molecule has 1 aliphatic carbocycles. The minimum absolute atomic E-state index is 0.618. The Kier molecular flexibility index (Phi) is 4.21. The standard InChI is InChI=1S/C6H6Cl6O/c7-1-2(8)4(10)6(12,13)5(11)3(1)9/h1-5,13H. The number of alkyl halides is 6. The smallest absolute Gasteiger partial charge is 0.174 e. The molecule has 1 fully saturated rings. The zero-order valence-electron chi connectivity index (χ0n) is 6.10. The average molecular weight is 307 g/mol. The van der Waals surface area contributed by atoms with Crippen LogP contribution in [0.3, 0.4) is 0 Å². The van der Waals surface area contributed by atoms with E-state index in [9.17, 15) is 5.11 Å². The maximum Gasteiger partial charge on any atom is 0.174 e. The Morgan fingerprint density at radius 1 is 0.769 bits per heavy atom. The molecule has 1 nitrogen and oxygen atoms in total. The van der Waals surface area contributed by atoms with E-state index in [2.05, 4.69) is 0 Å². The van der Waals surface area contributed by atoms with E-state index in [0.29, 0.717) is 0 Å². The first kappa shape index (κ1) is 12.8. The fraction of sp³-hybridized carbons (Fsp3) is 1.00. The van der Waals surface area contributed by atoms with E-state index in [0.717, 1.165) is 0 Å². The summed E-state index contributed by atoms with van der Waals surface area (Å²) >= 11 is 34.7. The van der Waals surface area contributed by atoms with Crippen molar-refractivity contribution in [2.24, 2.45) is 0 Å². The van der Waals surface area contributed by atoms with E-state index in [1.807, 2.05) is 0 Å². The normalized spacial score (nSPS) is 57.9. The fourth-order valence-electron chi connectivity index (χ4n) is 1.10. The molecule has 78 valence electrons. The van der Waals surface area contributed by atoms with Crippen LogP contribution in [-0.4, -0.2) is 37.1 Å². The first-order chi connectivity index (χ1) is 5.80. The van der Waals surface area contributed by atoms with E-state index in [1.165, 1.54) is 0 Å². The third-order valence-electron chi connectivity index (χ3n) is 1.94. The Bertz CT molecular complexity index is 180. The van der Waals surface area contributed by atoms with Crippen LogP contribution < -0.4 is 0 Å². The van der Waals surface area contributed by atoms with Crippen molar-refractivity contribution in [2.45, 2.75) is 31.9 Å². The molecule has 0 bridgehead atoms. The zero-order chi connectivity index (χ0) is 10.4. The van der Waals surface area contributed by atoms with Gasteiger partial charge in [-0.15, -0.1) is 58.0 Å². The summed E-state index contributed by atoms with van der Waals surface area (Å²) in [6.07, 6.45) is 0. The Labute approximate surface area is 106 Å². The highest BCUT2D eigenvalue weighted by Gasteiger charge is 2.56. The van der Waals surface area contributed by atoms with Gasteiger partial charge < -0.3 is 5.11 Å². The first-order valence-corrected chi connectivity index (χ1v) is 5.97. The largest absolute Gasteiger partial charge is 0.372 e. The molecule has 0 aromatic heterocycles. The minimum Gasteiger partial charge on any atom is -0.372 e. The van der Waals surface area contributed by atoms with Crippen LogP contribution in [0, 0.1) is 0 Å². The Hall–Kier alpha value is 1.70. The number of hydrogen-bond donors (Lipinski definition) is 1. The highest BCUT2D eigenvalue weighted by atomic mass is 35.5. The second-order valence-electron chi connectivity index (χ2n) is 2.86. The second-order valence-corrected chi connectivity index (χ2v) is 5.92. The second kappa shape index (κ2) is 4.29. The molecule has 0 aliphatic heterocycles. The molecule has 0 heterocycles. The quantitative estimate of drug-likeness (QED) is 0.682. The van der Waals surface area contributed by atoms with Crippen molar-refractivity contribution in [2.75, 3.05) is 0 Å².